The van der Waals surface area contributed by atoms with Crippen molar-refractivity contribution in [1.82, 2.24) is 0 Å². The molecule has 2 atom stereocenters. The highest BCUT2D eigenvalue weighted by Gasteiger charge is 2.12. The van der Waals surface area contributed by atoms with Gasteiger partial charge in [0, 0.05) is 13.0 Å². The van der Waals surface area contributed by atoms with Crippen LogP contribution >= 0.6 is 0 Å². The smallest absolute Gasteiger partial charge is 0.308 e. The Morgan fingerprint density at radius 1 is 1.21 bits per heavy atom. The lowest BCUT2D eigenvalue weighted by atomic mass is 10.3. The first-order chi connectivity index (χ1) is 6.60. The molecule has 0 radical (unpaired) electrons. The predicted molar refractivity (Wildman–Crippen MR) is 52.6 cm³/mol. The van der Waals surface area contributed by atoms with Gasteiger partial charge in [0.15, 0.2) is 6.29 Å². The Morgan fingerprint density at radius 2 is 1.86 bits per heavy atom. The predicted octanol–water partition coefficient (Wildman–Crippen LogP) is 2.07. The van der Waals surface area contributed by atoms with Crippen LogP contribution in [0.4, 0.5) is 0 Å². The Morgan fingerprint density at radius 3 is 2.36 bits per heavy atom. The van der Waals surface area contributed by atoms with Gasteiger partial charge in [-0.05, 0) is 27.2 Å². The first kappa shape index (κ1) is 13.4. The van der Waals surface area contributed by atoms with Gasteiger partial charge in [0.25, 0.3) is 0 Å². The molecule has 0 saturated carbocycles. The minimum Gasteiger partial charge on any atom is -0.436 e. The first-order valence-corrected chi connectivity index (χ1v) is 5.06. The lowest BCUT2D eigenvalue weighted by Crippen LogP contribution is -2.24. The molecule has 0 fully saturated rings. The van der Waals surface area contributed by atoms with Gasteiger partial charge in [0.1, 0.15) is 0 Å². The van der Waals surface area contributed by atoms with E-state index in [1.165, 1.54) is 0 Å². The summed E-state index contributed by atoms with van der Waals surface area (Å²) >= 11 is 0. The topological polar surface area (TPSA) is 44.8 Å². The van der Waals surface area contributed by atoms with Gasteiger partial charge in [0.05, 0.1) is 0 Å². The van der Waals surface area contributed by atoms with Crippen LogP contribution < -0.4 is 0 Å². The molecule has 84 valence electrons. The third kappa shape index (κ3) is 6.86. The van der Waals surface area contributed by atoms with Gasteiger partial charge in [-0.2, -0.15) is 0 Å². The lowest BCUT2D eigenvalue weighted by Gasteiger charge is -2.18. The summed E-state index contributed by atoms with van der Waals surface area (Å²) in [5.41, 5.74) is 0. The maximum absolute atomic E-state index is 11.0. The van der Waals surface area contributed by atoms with E-state index in [1.807, 2.05) is 13.8 Å². The van der Waals surface area contributed by atoms with Crippen LogP contribution in [0.25, 0.3) is 0 Å². The molecule has 0 bridgehead atoms. The van der Waals surface area contributed by atoms with E-state index in [9.17, 15) is 4.79 Å². The summed E-state index contributed by atoms with van der Waals surface area (Å²) in [6.45, 7) is 7.84. The van der Waals surface area contributed by atoms with E-state index in [1.54, 1.807) is 13.8 Å². The fourth-order valence-corrected chi connectivity index (χ4v) is 1.02. The van der Waals surface area contributed by atoms with E-state index in [4.69, 9.17) is 14.2 Å². The van der Waals surface area contributed by atoms with Crippen molar-refractivity contribution in [3.63, 3.8) is 0 Å². The number of hydrogen-bond acceptors (Lipinski definition) is 4. The standard InChI is InChI=1S/C10H20O4/c1-5-7-10(11)14-9(4)13-8(3)12-6-2/h8-9H,5-7H2,1-4H3. The molecule has 0 aromatic carbocycles. The minimum atomic E-state index is -0.546. The summed E-state index contributed by atoms with van der Waals surface area (Å²) in [5.74, 6) is -0.233. The SMILES string of the molecule is CCCC(=O)OC(C)OC(C)OCC. The van der Waals surface area contributed by atoms with Crippen LogP contribution in [0.15, 0.2) is 0 Å². The van der Waals surface area contributed by atoms with Crippen molar-refractivity contribution in [2.45, 2.75) is 53.1 Å². The number of carbonyl (C=O) groups excluding carboxylic acids is 1. The summed E-state index contributed by atoms with van der Waals surface area (Å²) in [5, 5.41) is 0. The summed E-state index contributed by atoms with van der Waals surface area (Å²) < 4.78 is 15.3. The summed E-state index contributed by atoms with van der Waals surface area (Å²) in [7, 11) is 0. The number of carbonyl (C=O) groups is 1. The molecule has 4 heteroatoms. The van der Waals surface area contributed by atoms with Crippen LogP contribution in [0, 0.1) is 0 Å². The molecule has 0 saturated heterocycles. The summed E-state index contributed by atoms with van der Waals surface area (Å²) in [6, 6.07) is 0. The molecule has 0 spiro atoms. The van der Waals surface area contributed by atoms with Gasteiger partial charge >= 0.3 is 5.97 Å². The molecule has 0 N–H and O–H groups in total. The van der Waals surface area contributed by atoms with Crippen LogP contribution in [-0.2, 0) is 19.0 Å². The molecule has 0 aliphatic heterocycles. The van der Waals surface area contributed by atoms with Crippen molar-refractivity contribution in [3.8, 4) is 0 Å². The van der Waals surface area contributed by atoms with E-state index in [2.05, 4.69) is 0 Å². The first-order valence-electron chi connectivity index (χ1n) is 5.06. The van der Waals surface area contributed by atoms with Crippen LogP contribution in [0.5, 0.6) is 0 Å². The zero-order valence-electron chi connectivity index (χ0n) is 9.41. The van der Waals surface area contributed by atoms with E-state index in [0.717, 1.165) is 6.42 Å². The Hall–Kier alpha value is -0.610. The van der Waals surface area contributed by atoms with E-state index < -0.39 is 6.29 Å². The number of ether oxygens (including phenoxy) is 3. The van der Waals surface area contributed by atoms with Gasteiger partial charge in [-0.25, -0.2) is 0 Å². The Balaban J connectivity index is 3.63. The second-order valence-electron chi connectivity index (χ2n) is 2.97. The normalized spacial score (nSPS) is 14.9. The van der Waals surface area contributed by atoms with Crippen molar-refractivity contribution in [3.05, 3.63) is 0 Å². The summed E-state index contributed by atoms with van der Waals surface area (Å²) in [4.78, 5) is 11.0. The molecule has 0 aromatic heterocycles. The van der Waals surface area contributed by atoms with E-state index in [-0.39, 0.29) is 12.3 Å². The van der Waals surface area contributed by atoms with Gasteiger partial charge in [-0.15, -0.1) is 0 Å². The molecule has 4 nitrogen and oxygen atoms in total. The van der Waals surface area contributed by atoms with Gasteiger partial charge < -0.3 is 14.2 Å². The molecule has 0 amide bonds. The van der Waals surface area contributed by atoms with E-state index >= 15 is 0 Å². The van der Waals surface area contributed by atoms with Gasteiger partial charge in [-0.1, -0.05) is 6.92 Å². The molecule has 0 aliphatic carbocycles. The maximum Gasteiger partial charge on any atom is 0.308 e. The van der Waals surface area contributed by atoms with Crippen LogP contribution in [0.1, 0.15) is 40.5 Å². The molecular weight excluding hydrogens is 184 g/mol. The molecule has 0 rings (SSSR count). The van der Waals surface area contributed by atoms with Crippen molar-refractivity contribution in [2.75, 3.05) is 6.61 Å². The average molecular weight is 204 g/mol. The highest BCUT2D eigenvalue weighted by atomic mass is 16.8. The van der Waals surface area contributed by atoms with Crippen molar-refractivity contribution >= 4 is 5.97 Å². The fourth-order valence-electron chi connectivity index (χ4n) is 1.02. The maximum atomic E-state index is 11.0. The lowest BCUT2D eigenvalue weighted by molar-refractivity contribution is -0.227. The average Bonchev–Trinajstić information content (AvgIpc) is 2.03. The quantitative estimate of drug-likeness (QED) is 0.470. The van der Waals surface area contributed by atoms with Gasteiger partial charge in [0.2, 0.25) is 6.29 Å². The second-order valence-corrected chi connectivity index (χ2v) is 2.97. The Labute approximate surface area is 85.5 Å². The number of rotatable bonds is 7. The monoisotopic (exact) mass is 204 g/mol. The molecule has 2 unspecified atom stereocenters. The third-order valence-corrected chi connectivity index (χ3v) is 1.54. The van der Waals surface area contributed by atoms with Crippen molar-refractivity contribution < 1.29 is 19.0 Å². The van der Waals surface area contributed by atoms with E-state index in [0.29, 0.717) is 13.0 Å². The van der Waals surface area contributed by atoms with Crippen molar-refractivity contribution in [2.24, 2.45) is 0 Å². The molecule has 0 aromatic rings. The highest BCUT2D eigenvalue weighted by molar-refractivity contribution is 5.69. The summed E-state index contributed by atoms with van der Waals surface area (Å²) in [6.07, 6.45) is 0.323. The van der Waals surface area contributed by atoms with Gasteiger partial charge in [-0.3, -0.25) is 4.79 Å². The molecular formula is C10H20O4. The largest absolute Gasteiger partial charge is 0.436 e. The fraction of sp³-hybridized carbons (Fsp3) is 0.900. The minimum absolute atomic E-state index is 0.233. The second kappa shape index (κ2) is 7.76. The molecule has 0 heterocycles. The Bertz CT molecular complexity index is 158. The van der Waals surface area contributed by atoms with Crippen LogP contribution in [-0.4, -0.2) is 25.2 Å². The molecule has 0 aliphatic rings. The zero-order valence-corrected chi connectivity index (χ0v) is 9.41. The van der Waals surface area contributed by atoms with Crippen LogP contribution in [0.3, 0.4) is 0 Å². The third-order valence-electron chi connectivity index (χ3n) is 1.54. The number of esters is 1. The highest BCUT2D eigenvalue weighted by Crippen LogP contribution is 2.03. The van der Waals surface area contributed by atoms with Crippen molar-refractivity contribution in [1.29, 1.82) is 0 Å². The zero-order chi connectivity index (χ0) is 11.0. The van der Waals surface area contributed by atoms with Crippen LogP contribution in [0.2, 0.25) is 0 Å². The Kier molecular flexibility index (Phi) is 7.42. The number of hydrogen-bond donors (Lipinski definition) is 0. The molecule has 14 heavy (non-hydrogen) atoms.